The molecular weight excluding hydrogens is 462 g/mol. The average molecular weight is 480 g/mol. The number of amides is 1. The van der Waals surface area contributed by atoms with Gasteiger partial charge in [0, 0.05) is 22.6 Å². The quantitative estimate of drug-likeness (QED) is 0.419. The molecule has 2 heterocycles. The van der Waals surface area contributed by atoms with E-state index in [0.717, 1.165) is 11.3 Å². The zero-order chi connectivity index (χ0) is 22.8. The van der Waals surface area contributed by atoms with E-state index in [1.54, 1.807) is 24.3 Å². The summed E-state index contributed by atoms with van der Waals surface area (Å²) < 4.78 is 38.8. The van der Waals surface area contributed by atoms with Gasteiger partial charge in [-0.15, -0.1) is 11.3 Å². The number of thiazole rings is 1. The van der Waals surface area contributed by atoms with E-state index in [9.17, 15) is 13.2 Å². The molecule has 0 saturated heterocycles. The molecule has 0 aliphatic carbocycles. The Kier molecular flexibility index (Phi) is 5.45. The van der Waals surface area contributed by atoms with E-state index in [2.05, 4.69) is 15.0 Å². The third kappa shape index (κ3) is 4.52. The Labute approximate surface area is 193 Å². The van der Waals surface area contributed by atoms with Gasteiger partial charge < -0.3 is 9.47 Å². The molecule has 0 bridgehead atoms. The predicted octanol–water partition coefficient (Wildman–Crippen LogP) is 4.59. The van der Waals surface area contributed by atoms with Crippen molar-refractivity contribution in [1.29, 1.82) is 0 Å². The number of nitrogens with one attached hydrogen (secondary N) is 2. The fourth-order valence-corrected chi connectivity index (χ4v) is 5.03. The van der Waals surface area contributed by atoms with Gasteiger partial charge in [0.2, 0.25) is 6.79 Å². The SMILES string of the molecule is O=C(Nc1nc(-c2ccccc2)cs1)c1cccc(S(=O)(=O)Nc2ccc3c(c2)OCO3)c1. The number of benzene rings is 3. The number of hydrogen-bond donors (Lipinski definition) is 2. The molecule has 0 atom stereocenters. The molecule has 8 nitrogen and oxygen atoms in total. The summed E-state index contributed by atoms with van der Waals surface area (Å²) in [5.74, 6) is 0.556. The minimum atomic E-state index is -3.93. The van der Waals surface area contributed by atoms with Gasteiger partial charge in [0.05, 0.1) is 16.3 Å². The van der Waals surface area contributed by atoms with Gasteiger partial charge in [-0.05, 0) is 30.3 Å². The Hall–Kier alpha value is -3.89. The summed E-state index contributed by atoms with van der Waals surface area (Å²) in [6, 6.07) is 20.2. The maximum atomic E-state index is 12.9. The molecular formula is C23H17N3O5S2. The molecule has 0 spiro atoms. The van der Waals surface area contributed by atoms with Crippen LogP contribution in [0.3, 0.4) is 0 Å². The zero-order valence-corrected chi connectivity index (χ0v) is 18.7. The van der Waals surface area contributed by atoms with Crippen LogP contribution in [-0.2, 0) is 10.0 Å². The highest BCUT2D eigenvalue weighted by Crippen LogP contribution is 2.35. The maximum Gasteiger partial charge on any atom is 0.261 e. The van der Waals surface area contributed by atoms with Crippen molar-refractivity contribution in [3.63, 3.8) is 0 Å². The molecule has 0 saturated carbocycles. The van der Waals surface area contributed by atoms with Gasteiger partial charge >= 0.3 is 0 Å². The highest BCUT2D eigenvalue weighted by Gasteiger charge is 2.20. The summed E-state index contributed by atoms with van der Waals surface area (Å²) in [6.45, 7) is 0.0919. The van der Waals surface area contributed by atoms with E-state index in [1.807, 2.05) is 35.7 Å². The topological polar surface area (TPSA) is 107 Å². The highest BCUT2D eigenvalue weighted by atomic mass is 32.2. The number of anilines is 2. The summed E-state index contributed by atoms with van der Waals surface area (Å²) in [7, 11) is -3.93. The van der Waals surface area contributed by atoms with E-state index >= 15 is 0 Å². The Morgan fingerprint density at radius 1 is 0.939 bits per heavy atom. The van der Waals surface area contributed by atoms with E-state index in [4.69, 9.17) is 9.47 Å². The second kappa shape index (κ2) is 8.57. The van der Waals surface area contributed by atoms with Crippen LogP contribution in [0.1, 0.15) is 10.4 Å². The molecule has 1 aliphatic rings. The van der Waals surface area contributed by atoms with Crippen LogP contribution in [0.15, 0.2) is 83.1 Å². The third-order valence-corrected chi connectivity index (χ3v) is 6.96. The summed E-state index contributed by atoms with van der Waals surface area (Å²) in [6.07, 6.45) is 0. The number of nitrogens with zero attached hydrogens (tertiary/aromatic N) is 1. The van der Waals surface area contributed by atoms with Gasteiger partial charge in [-0.2, -0.15) is 0 Å². The normalized spacial score (nSPS) is 12.4. The lowest BCUT2D eigenvalue weighted by Gasteiger charge is -2.10. The van der Waals surface area contributed by atoms with E-state index in [0.29, 0.717) is 22.3 Å². The van der Waals surface area contributed by atoms with Crippen LogP contribution >= 0.6 is 11.3 Å². The Morgan fingerprint density at radius 3 is 2.61 bits per heavy atom. The molecule has 0 radical (unpaired) electrons. The molecule has 10 heteroatoms. The van der Waals surface area contributed by atoms with Gasteiger partial charge in [0.25, 0.3) is 15.9 Å². The van der Waals surface area contributed by atoms with Gasteiger partial charge in [0.1, 0.15) is 0 Å². The Balaban J connectivity index is 1.32. The van der Waals surface area contributed by atoms with Gasteiger partial charge in [-0.1, -0.05) is 36.4 Å². The van der Waals surface area contributed by atoms with Crippen LogP contribution in [0.25, 0.3) is 11.3 Å². The number of fused-ring (bicyclic) bond motifs is 1. The number of ether oxygens (including phenoxy) is 2. The molecule has 1 aliphatic heterocycles. The number of sulfonamides is 1. The molecule has 3 aromatic carbocycles. The van der Waals surface area contributed by atoms with Crippen molar-refractivity contribution in [3.05, 3.63) is 83.7 Å². The third-order valence-electron chi connectivity index (χ3n) is 4.83. The second-order valence-electron chi connectivity index (χ2n) is 7.06. The molecule has 5 rings (SSSR count). The highest BCUT2D eigenvalue weighted by molar-refractivity contribution is 7.92. The van der Waals surface area contributed by atoms with Gasteiger partial charge in [-0.25, -0.2) is 13.4 Å². The standard InChI is InChI=1S/C23H17N3O5S2/c27-22(25-23-24-19(13-32-23)15-5-2-1-3-6-15)16-7-4-8-18(11-16)33(28,29)26-17-9-10-20-21(12-17)31-14-30-20/h1-13,26H,14H2,(H,24,25,27). The molecule has 0 fully saturated rings. The largest absolute Gasteiger partial charge is 0.454 e. The number of carbonyl (C=O) groups is 1. The molecule has 166 valence electrons. The van der Waals surface area contributed by atoms with Crippen LogP contribution in [0, 0.1) is 0 Å². The lowest BCUT2D eigenvalue weighted by Crippen LogP contribution is -2.16. The molecule has 4 aromatic rings. The van der Waals surface area contributed by atoms with Crippen LogP contribution in [0.4, 0.5) is 10.8 Å². The van der Waals surface area contributed by atoms with Crippen LogP contribution in [-0.4, -0.2) is 26.1 Å². The second-order valence-corrected chi connectivity index (χ2v) is 9.60. The van der Waals surface area contributed by atoms with Crippen molar-refractivity contribution in [1.82, 2.24) is 4.98 Å². The van der Waals surface area contributed by atoms with Crippen LogP contribution in [0.2, 0.25) is 0 Å². The van der Waals surface area contributed by atoms with Crippen molar-refractivity contribution in [2.75, 3.05) is 16.8 Å². The zero-order valence-electron chi connectivity index (χ0n) is 17.0. The van der Waals surface area contributed by atoms with Crippen molar-refractivity contribution in [2.24, 2.45) is 0 Å². The lowest BCUT2D eigenvalue weighted by molar-refractivity contribution is 0.102. The first-order valence-corrected chi connectivity index (χ1v) is 12.2. The molecule has 33 heavy (non-hydrogen) atoms. The molecule has 0 unspecified atom stereocenters. The fourth-order valence-electron chi connectivity index (χ4n) is 3.22. The summed E-state index contributed by atoms with van der Waals surface area (Å²) in [5, 5.41) is 5.00. The van der Waals surface area contributed by atoms with Crippen LogP contribution < -0.4 is 19.5 Å². The smallest absolute Gasteiger partial charge is 0.261 e. The maximum absolute atomic E-state index is 12.9. The van der Waals surface area contributed by atoms with E-state index < -0.39 is 15.9 Å². The summed E-state index contributed by atoms with van der Waals surface area (Å²) in [4.78, 5) is 17.1. The Bertz CT molecular complexity index is 1440. The first-order valence-electron chi connectivity index (χ1n) is 9.83. The Morgan fingerprint density at radius 2 is 1.76 bits per heavy atom. The first kappa shape index (κ1) is 21.0. The minimum absolute atomic E-state index is 0.0445. The summed E-state index contributed by atoms with van der Waals surface area (Å²) in [5.41, 5.74) is 2.21. The number of rotatable bonds is 6. The van der Waals surface area contributed by atoms with Crippen molar-refractivity contribution in [3.8, 4) is 22.8 Å². The molecule has 2 N–H and O–H groups in total. The number of hydrogen-bond acceptors (Lipinski definition) is 7. The molecule has 1 aromatic heterocycles. The monoisotopic (exact) mass is 479 g/mol. The average Bonchev–Trinajstić information content (AvgIpc) is 3.49. The van der Waals surface area contributed by atoms with Crippen LogP contribution in [0.5, 0.6) is 11.5 Å². The number of carbonyl (C=O) groups excluding carboxylic acids is 1. The van der Waals surface area contributed by atoms with Crippen molar-refractivity contribution in [2.45, 2.75) is 4.90 Å². The van der Waals surface area contributed by atoms with Crippen molar-refractivity contribution < 1.29 is 22.7 Å². The first-order chi connectivity index (χ1) is 16.0. The minimum Gasteiger partial charge on any atom is -0.454 e. The molecule has 1 amide bonds. The van der Waals surface area contributed by atoms with Gasteiger partial charge in [-0.3, -0.25) is 14.8 Å². The summed E-state index contributed by atoms with van der Waals surface area (Å²) >= 11 is 1.29. The lowest BCUT2D eigenvalue weighted by atomic mass is 10.2. The number of aromatic nitrogens is 1. The van der Waals surface area contributed by atoms with Crippen molar-refractivity contribution >= 4 is 38.1 Å². The van der Waals surface area contributed by atoms with Gasteiger partial charge in [0.15, 0.2) is 16.6 Å². The fraction of sp³-hybridized carbons (Fsp3) is 0.0435. The van der Waals surface area contributed by atoms with E-state index in [1.165, 1.54) is 29.5 Å². The predicted molar refractivity (Wildman–Crippen MR) is 125 cm³/mol. The van der Waals surface area contributed by atoms with E-state index in [-0.39, 0.29) is 17.3 Å².